The van der Waals surface area contributed by atoms with Crippen LogP contribution >= 0.6 is 11.3 Å². The van der Waals surface area contributed by atoms with Crippen molar-refractivity contribution in [2.45, 2.75) is 39.0 Å². The summed E-state index contributed by atoms with van der Waals surface area (Å²) in [5, 5.41) is 26.6. The zero-order valence-corrected chi connectivity index (χ0v) is 15.0. The van der Waals surface area contributed by atoms with Crippen molar-refractivity contribution in [3.05, 3.63) is 39.8 Å². The summed E-state index contributed by atoms with van der Waals surface area (Å²) in [6, 6.07) is 4.87. The standard InChI is InChI=1S/C18H21N3O3S/c1-9(2)21-6-5-12-14(8-21)25-18-15(12)17(24)19-16(20-18)11-4-3-10(22)7-13(11)23/h3-4,7,9,16,20,22-23H,5-6,8H2,1-2H3,(H,19,24)/t16-/m1/s1. The minimum absolute atomic E-state index is 0.00978. The molecule has 0 unspecified atom stereocenters. The van der Waals surface area contributed by atoms with Crippen LogP contribution in [0.25, 0.3) is 0 Å². The van der Waals surface area contributed by atoms with Crippen molar-refractivity contribution in [1.82, 2.24) is 10.2 Å². The number of anilines is 1. The SMILES string of the molecule is CC(C)N1CCc2c(sc3c2C(=O)N[C@@H](c2ccc(O)cc2O)N3)C1. The second-order valence-electron chi connectivity index (χ2n) is 6.82. The Kier molecular flexibility index (Phi) is 3.85. The predicted octanol–water partition coefficient (Wildman–Crippen LogP) is 2.78. The van der Waals surface area contributed by atoms with Gasteiger partial charge in [0.15, 0.2) is 0 Å². The fourth-order valence-electron chi connectivity index (χ4n) is 3.51. The molecule has 3 heterocycles. The van der Waals surface area contributed by atoms with Gasteiger partial charge in [-0.3, -0.25) is 9.69 Å². The maximum absolute atomic E-state index is 12.7. The Hall–Kier alpha value is -2.25. The van der Waals surface area contributed by atoms with Gasteiger partial charge in [-0.2, -0.15) is 0 Å². The average Bonchev–Trinajstić information content (AvgIpc) is 2.92. The number of phenols is 2. The highest BCUT2D eigenvalue weighted by Crippen LogP contribution is 2.42. The quantitative estimate of drug-likeness (QED) is 0.663. The summed E-state index contributed by atoms with van der Waals surface area (Å²) in [5.41, 5.74) is 2.43. The number of aromatic hydroxyl groups is 2. The lowest BCUT2D eigenvalue weighted by Gasteiger charge is -2.31. The van der Waals surface area contributed by atoms with E-state index in [-0.39, 0.29) is 17.4 Å². The summed E-state index contributed by atoms with van der Waals surface area (Å²) < 4.78 is 0. The summed E-state index contributed by atoms with van der Waals surface area (Å²) in [6.07, 6.45) is 0.366. The molecule has 2 aromatic rings. The molecule has 4 N–H and O–H groups in total. The molecule has 1 amide bonds. The van der Waals surface area contributed by atoms with Crippen LogP contribution in [-0.2, 0) is 13.0 Å². The number of amides is 1. The van der Waals surface area contributed by atoms with Gasteiger partial charge in [0, 0.05) is 35.6 Å². The van der Waals surface area contributed by atoms with Crippen molar-refractivity contribution >= 4 is 22.2 Å². The molecule has 0 saturated carbocycles. The number of carbonyl (C=O) groups is 1. The Labute approximate surface area is 150 Å². The second-order valence-corrected chi connectivity index (χ2v) is 7.92. The number of carbonyl (C=O) groups excluding carboxylic acids is 1. The van der Waals surface area contributed by atoms with E-state index in [1.807, 2.05) is 0 Å². The molecule has 7 heteroatoms. The normalized spacial score (nSPS) is 20.0. The molecule has 2 aliphatic heterocycles. The molecule has 1 aromatic carbocycles. The Morgan fingerprint density at radius 1 is 1.28 bits per heavy atom. The van der Waals surface area contributed by atoms with Crippen LogP contribution < -0.4 is 10.6 Å². The topological polar surface area (TPSA) is 84.8 Å². The fourth-order valence-corrected chi connectivity index (χ4v) is 4.81. The first-order chi connectivity index (χ1) is 11.9. The van der Waals surface area contributed by atoms with Crippen LogP contribution in [-0.4, -0.2) is 33.6 Å². The number of benzene rings is 1. The molecule has 0 spiro atoms. The molecule has 0 saturated heterocycles. The van der Waals surface area contributed by atoms with E-state index >= 15 is 0 Å². The third-order valence-corrected chi connectivity index (χ3v) is 6.07. The van der Waals surface area contributed by atoms with Gasteiger partial charge in [0.05, 0.1) is 5.56 Å². The Balaban J connectivity index is 1.67. The fraction of sp³-hybridized carbons (Fsp3) is 0.389. The maximum atomic E-state index is 12.7. The van der Waals surface area contributed by atoms with Gasteiger partial charge >= 0.3 is 0 Å². The Bertz CT molecular complexity index is 846. The molecule has 0 bridgehead atoms. The van der Waals surface area contributed by atoms with Gasteiger partial charge in [0.2, 0.25) is 0 Å². The highest BCUT2D eigenvalue weighted by atomic mass is 32.1. The van der Waals surface area contributed by atoms with Gasteiger partial charge in [0.25, 0.3) is 5.91 Å². The number of hydrogen-bond donors (Lipinski definition) is 4. The lowest BCUT2D eigenvalue weighted by atomic mass is 9.99. The molecule has 2 aliphatic rings. The zero-order chi connectivity index (χ0) is 17.7. The summed E-state index contributed by atoms with van der Waals surface area (Å²) in [7, 11) is 0. The van der Waals surface area contributed by atoms with E-state index in [1.54, 1.807) is 17.4 Å². The third-order valence-electron chi connectivity index (χ3n) is 4.92. The van der Waals surface area contributed by atoms with Gasteiger partial charge in [0.1, 0.15) is 22.7 Å². The van der Waals surface area contributed by atoms with E-state index in [2.05, 4.69) is 29.4 Å². The number of rotatable bonds is 2. The summed E-state index contributed by atoms with van der Waals surface area (Å²) in [6.45, 7) is 6.21. The van der Waals surface area contributed by atoms with Crippen LogP contribution in [0.2, 0.25) is 0 Å². The highest BCUT2D eigenvalue weighted by molar-refractivity contribution is 7.16. The van der Waals surface area contributed by atoms with Crippen LogP contribution in [0.1, 0.15) is 46.4 Å². The van der Waals surface area contributed by atoms with Crippen molar-refractivity contribution in [3.63, 3.8) is 0 Å². The molecule has 1 atom stereocenters. The van der Waals surface area contributed by atoms with E-state index < -0.39 is 6.17 Å². The van der Waals surface area contributed by atoms with Gasteiger partial charge in [-0.15, -0.1) is 11.3 Å². The van der Waals surface area contributed by atoms with Crippen LogP contribution in [0.3, 0.4) is 0 Å². The van der Waals surface area contributed by atoms with Gasteiger partial charge in [-0.05, 0) is 38.0 Å². The lowest BCUT2D eigenvalue weighted by Crippen LogP contribution is -2.39. The molecule has 0 radical (unpaired) electrons. The van der Waals surface area contributed by atoms with Crippen molar-refractivity contribution in [2.75, 3.05) is 11.9 Å². The minimum Gasteiger partial charge on any atom is -0.508 e. The van der Waals surface area contributed by atoms with Crippen LogP contribution in [0.4, 0.5) is 5.00 Å². The molecule has 0 fully saturated rings. The minimum atomic E-state index is -0.512. The molecule has 25 heavy (non-hydrogen) atoms. The first kappa shape index (κ1) is 16.2. The van der Waals surface area contributed by atoms with Gasteiger partial charge < -0.3 is 20.8 Å². The van der Waals surface area contributed by atoms with Crippen LogP contribution in [0, 0.1) is 0 Å². The van der Waals surface area contributed by atoms with Crippen molar-refractivity contribution in [1.29, 1.82) is 0 Å². The second kappa shape index (κ2) is 5.93. The van der Waals surface area contributed by atoms with E-state index in [0.717, 1.165) is 35.6 Å². The van der Waals surface area contributed by atoms with Gasteiger partial charge in [-0.25, -0.2) is 0 Å². The van der Waals surface area contributed by atoms with Gasteiger partial charge in [-0.1, -0.05) is 0 Å². The molecular weight excluding hydrogens is 338 g/mol. The lowest BCUT2D eigenvalue weighted by molar-refractivity contribution is 0.0934. The molecular formula is C18H21N3O3S. The molecule has 1 aromatic heterocycles. The number of nitrogens with zero attached hydrogens (tertiary/aromatic N) is 1. The highest BCUT2D eigenvalue weighted by Gasteiger charge is 2.34. The van der Waals surface area contributed by atoms with E-state index in [1.165, 1.54) is 17.0 Å². The van der Waals surface area contributed by atoms with Crippen molar-refractivity contribution in [2.24, 2.45) is 0 Å². The molecule has 0 aliphatic carbocycles. The Morgan fingerprint density at radius 3 is 2.80 bits per heavy atom. The number of hydrogen-bond acceptors (Lipinski definition) is 6. The number of thiophene rings is 1. The van der Waals surface area contributed by atoms with Crippen molar-refractivity contribution < 1.29 is 15.0 Å². The van der Waals surface area contributed by atoms with Crippen LogP contribution in [0.15, 0.2) is 18.2 Å². The first-order valence-electron chi connectivity index (χ1n) is 8.42. The Morgan fingerprint density at radius 2 is 2.08 bits per heavy atom. The summed E-state index contributed by atoms with van der Waals surface area (Å²) in [5.74, 6) is -0.167. The largest absolute Gasteiger partial charge is 0.508 e. The third kappa shape index (κ3) is 2.73. The zero-order valence-electron chi connectivity index (χ0n) is 14.2. The number of fused-ring (bicyclic) bond motifs is 3. The van der Waals surface area contributed by atoms with E-state index in [4.69, 9.17) is 0 Å². The number of nitrogens with one attached hydrogen (secondary N) is 2. The summed E-state index contributed by atoms with van der Waals surface area (Å²) >= 11 is 1.63. The van der Waals surface area contributed by atoms with E-state index in [0.29, 0.717) is 11.6 Å². The molecule has 4 rings (SSSR count). The summed E-state index contributed by atoms with van der Waals surface area (Å²) in [4.78, 5) is 16.4. The van der Waals surface area contributed by atoms with E-state index in [9.17, 15) is 15.0 Å². The first-order valence-corrected chi connectivity index (χ1v) is 9.23. The molecule has 6 nitrogen and oxygen atoms in total. The monoisotopic (exact) mass is 359 g/mol. The predicted molar refractivity (Wildman–Crippen MR) is 97.2 cm³/mol. The maximum Gasteiger partial charge on any atom is 0.256 e. The smallest absolute Gasteiger partial charge is 0.256 e. The van der Waals surface area contributed by atoms with Crippen LogP contribution in [0.5, 0.6) is 11.5 Å². The molecule has 132 valence electrons. The average molecular weight is 359 g/mol. The number of phenolic OH excluding ortho intramolecular Hbond substituents is 2. The van der Waals surface area contributed by atoms with Crippen molar-refractivity contribution in [3.8, 4) is 11.5 Å².